The highest BCUT2D eigenvalue weighted by Gasteiger charge is 2.06. The van der Waals surface area contributed by atoms with Gasteiger partial charge < -0.3 is 0 Å². The molecule has 0 aliphatic rings. The van der Waals surface area contributed by atoms with Crippen molar-refractivity contribution in [2.75, 3.05) is 0 Å². The third-order valence-electron chi connectivity index (χ3n) is 2.71. The molecule has 0 saturated carbocycles. The highest BCUT2D eigenvalue weighted by atomic mass is 14.6. The van der Waals surface area contributed by atoms with Crippen molar-refractivity contribution in [3.05, 3.63) is 48.2 Å². The average molecular weight is 225 g/mol. The van der Waals surface area contributed by atoms with Gasteiger partial charge in [0.2, 0.25) is 0 Å². The van der Waals surface area contributed by atoms with Crippen LogP contribution >= 0.6 is 0 Å². The molecule has 2 rings (SSSR count). The Hall–Kier alpha value is -1.63. The van der Waals surface area contributed by atoms with Gasteiger partial charge in [-0.25, -0.2) is 0 Å². The van der Waals surface area contributed by atoms with Gasteiger partial charge in [-0.3, -0.25) is 4.98 Å². The minimum atomic E-state index is 0.347. The Kier molecular flexibility index (Phi) is 3.28. The minimum absolute atomic E-state index is 0.347. The molecule has 88 valence electrons. The second-order valence-corrected chi connectivity index (χ2v) is 5.58. The molecule has 2 aromatic rings. The highest BCUT2D eigenvalue weighted by molar-refractivity contribution is 5.87. The second-order valence-electron chi connectivity index (χ2n) is 5.58. The van der Waals surface area contributed by atoms with Crippen LogP contribution in [-0.2, 0) is 0 Å². The predicted molar refractivity (Wildman–Crippen MR) is 74.8 cm³/mol. The number of rotatable bonds is 2. The molecule has 0 fully saturated rings. The van der Waals surface area contributed by atoms with Crippen LogP contribution in [-0.4, -0.2) is 4.98 Å². The van der Waals surface area contributed by atoms with Crippen molar-refractivity contribution in [2.24, 2.45) is 5.41 Å². The summed E-state index contributed by atoms with van der Waals surface area (Å²) < 4.78 is 0. The lowest BCUT2D eigenvalue weighted by atomic mass is 9.92. The highest BCUT2D eigenvalue weighted by Crippen LogP contribution is 2.22. The van der Waals surface area contributed by atoms with Gasteiger partial charge in [0.05, 0.1) is 5.52 Å². The number of fused-ring (bicyclic) bond motifs is 1. The maximum absolute atomic E-state index is 4.36. The van der Waals surface area contributed by atoms with Crippen molar-refractivity contribution >= 4 is 17.0 Å². The first-order valence-electron chi connectivity index (χ1n) is 6.06. The Bertz CT molecular complexity index is 527. The van der Waals surface area contributed by atoms with E-state index in [4.69, 9.17) is 0 Å². The van der Waals surface area contributed by atoms with Gasteiger partial charge in [0.1, 0.15) is 0 Å². The molecule has 0 unspecified atom stereocenters. The molecule has 0 N–H and O–H groups in total. The number of benzene rings is 1. The standard InChI is InChI=1S/C16H19N/c1-16(2,3)11-6-7-13-10-12-17-15-9-5-4-8-14(13)15/h4-10,12H,11H2,1-3H3/b7-6+. The molecule has 1 heteroatoms. The average Bonchev–Trinajstić information content (AvgIpc) is 2.28. The molecule has 0 saturated heterocycles. The van der Waals surface area contributed by atoms with E-state index in [2.05, 4.69) is 62.2 Å². The van der Waals surface area contributed by atoms with Crippen molar-refractivity contribution < 1.29 is 0 Å². The van der Waals surface area contributed by atoms with Gasteiger partial charge in [-0.05, 0) is 29.5 Å². The van der Waals surface area contributed by atoms with Crippen LogP contribution in [0.4, 0.5) is 0 Å². The largest absolute Gasteiger partial charge is 0.256 e. The van der Waals surface area contributed by atoms with Gasteiger partial charge in [0.15, 0.2) is 0 Å². The Morgan fingerprint density at radius 2 is 1.88 bits per heavy atom. The Balaban J connectivity index is 2.30. The summed E-state index contributed by atoms with van der Waals surface area (Å²) in [5, 5.41) is 1.22. The van der Waals surface area contributed by atoms with Gasteiger partial charge in [-0.15, -0.1) is 0 Å². The number of allylic oxidation sites excluding steroid dienone is 1. The van der Waals surface area contributed by atoms with E-state index >= 15 is 0 Å². The van der Waals surface area contributed by atoms with Crippen LogP contribution in [0.5, 0.6) is 0 Å². The van der Waals surface area contributed by atoms with E-state index in [0.717, 1.165) is 11.9 Å². The Labute approximate surface area is 103 Å². The van der Waals surface area contributed by atoms with E-state index in [1.165, 1.54) is 10.9 Å². The van der Waals surface area contributed by atoms with Crippen LogP contribution in [0.1, 0.15) is 32.8 Å². The first-order valence-corrected chi connectivity index (χ1v) is 6.06. The van der Waals surface area contributed by atoms with E-state index < -0.39 is 0 Å². The van der Waals surface area contributed by atoms with Crippen LogP contribution in [0, 0.1) is 5.41 Å². The molecular weight excluding hydrogens is 206 g/mol. The fourth-order valence-corrected chi connectivity index (χ4v) is 1.80. The number of aromatic nitrogens is 1. The maximum atomic E-state index is 4.36. The Morgan fingerprint density at radius 1 is 1.12 bits per heavy atom. The minimum Gasteiger partial charge on any atom is -0.256 e. The monoisotopic (exact) mass is 225 g/mol. The zero-order valence-electron chi connectivity index (χ0n) is 10.8. The third kappa shape index (κ3) is 3.16. The first-order chi connectivity index (χ1) is 8.06. The number of hydrogen-bond acceptors (Lipinski definition) is 1. The predicted octanol–water partition coefficient (Wildman–Crippen LogP) is 4.68. The summed E-state index contributed by atoms with van der Waals surface area (Å²) in [6.45, 7) is 6.76. The summed E-state index contributed by atoms with van der Waals surface area (Å²) in [5.41, 5.74) is 2.66. The van der Waals surface area contributed by atoms with E-state index in [0.29, 0.717) is 5.41 Å². The van der Waals surface area contributed by atoms with E-state index in [1.807, 2.05) is 12.3 Å². The number of nitrogens with zero attached hydrogens (tertiary/aromatic N) is 1. The van der Waals surface area contributed by atoms with E-state index in [9.17, 15) is 0 Å². The summed E-state index contributed by atoms with van der Waals surface area (Å²) in [6.07, 6.45) is 7.42. The quantitative estimate of drug-likeness (QED) is 0.723. The number of para-hydroxylation sites is 1. The molecule has 1 heterocycles. The Morgan fingerprint density at radius 3 is 2.65 bits per heavy atom. The molecule has 1 aromatic heterocycles. The van der Waals surface area contributed by atoms with Crippen LogP contribution in [0.15, 0.2) is 42.6 Å². The lowest BCUT2D eigenvalue weighted by molar-refractivity contribution is 0.421. The number of pyridine rings is 1. The lowest BCUT2D eigenvalue weighted by Crippen LogP contribution is -2.01. The SMILES string of the molecule is CC(C)(C)C/C=C/c1ccnc2ccccc12. The lowest BCUT2D eigenvalue weighted by Gasteiger charge is -2.14. The second kappa shape index (κ2) is 4.70. The molecule has 0 radical (unpaired) electrons. The molecule has 0 bridgehead atoms. The third-order valence-corrected chi connectivity index (χ3v) is 2.71. The molecule has 0 atom stereocenters. The zero-order valence-corrected chi connectivity index (χ0v) is 10.8. The number of hydrogen-bond donors (Lipinski definition) is 0. The van der Waals surface area contributed by atoms with Crippen LogP contribution in [0.25, 0.3) is 17.0 Å². The summed E-state index contributed by atoms with van der Waals surface area (Å²) in [4.78, 5) is 4.36. The summed E-state index contributed by atoms with van der Waals surface area (Å²) in [6, 6.07) is 10.3. The van der Waals surface area contributed by atoms with Crippen molar-refractivity contribution in [3.63, 3.8) is 0 Å². The first kappa shape index (κ1) is 11.8. The summed E-state index contributed by atoms with van der Waals surface area (Å²) >= 11 is 0. The van der Waals surface area contributed by atoms with E-state index in [-0.39, 0.29) is 0 Å². The molecule has 0 aliphatic carbocycles. The van der Waals surface area contributed by atoms with Crippen molar-refractivity contribution in [1.82, 2.24) is 4.98 Å². The van der Waals surface area contributed by atoms with E-state index in [1.54, 1.807) is 0 Å². The topological polar surface area (TPSA) is 12.9 Å². The molecular formula is C16H19N. The fourth-order valence-electron chi connectivity index (χ4n) is 1.80. The molecule has 1 nitrogen and oxygen atoms in total. The molecule has 0 amide bonds. The van der Waals surface area contributed by atoms with Crippen molar-refractivity contribution in [3.8, 4) is 0 Å². The molecule has 1 aromatic carbocycles. The smallest absolute Gasteiger partial charge is 0.0707 e. The normalized spacial score (nSPS) is 12.4. The van der Waals surface area contributed by atoms with Gasteiger partial charge in [-0.2, -0.15) is 0 Å². The van der Waals surface area contributed by atoms with Crippen molar-refractivity contribution in [1.29, 1.82) is 0 Å². The maximum Gasteiger partial charge on any atom is 0.0707 e. The van der Waals surface area contributed by atoms with Crippen LogP contribution < -0.4 is 0 Å². The summed E-state index contributed by atoms with van der Waals surface area (Å²) in [7, 11) is 0. The van der Waals surface area contributed by atoms with Crippen LogP contribution in [0.2, 0.25) is 0 Å². The van der Waals surface area contributed by atoms with Crippen molar-refractivity contribution in [2.45, 2.75) is 27.2 Å². The van der Waals surface area contributed by atoms with Crippen LogP contribution in [0.3, 0.4) is 0 Å². The van der Waals surface area contributed by atoms with Gasteiger partial charge in [-0.1, -0.05) is 51.1 Å². The zero-order chi connectivity index (χ0) is 12.3. The van der Waals surface area contributed by atoms with Gasteiger partial charge >= 0.3 is 0 Å². The molecule has 0 aliphatic heterocycles. The van der Waals surface area contributed by atoms with Gasteiger partial charge in [0.25, 0.3) is 0 Å². The fraction of sp³-hybridized carbons (Fsp3) is 0.312. The molecule has 0 spiro atoms. The van der Waals surface area contributed by atoms with Gasteiger partial charge in [0, 0.05) is 11.6 Å². The molecule has 17 heavy (non-hydrogen) atoms. The summed E-state index contributed by atoms with van der Waals surface area (Å²) in [5.74, 6) is 0.